The van der Waals surface area contributed by atoms with Gasteiger partial charge in [0.25, 0.3) is 0 Å². The molecule has 0 saturated heterocycles. The Bertz CT molecular complexity index is 802. The highest BCUT2D eigenvalue weighted by atomic mass is 16.5. The molecule has 0 spiro atoms. The van der Waals surface area contributed by atoms with E-state index in [-0.39, 0.29) is 5.92 Å². The molecule has 0 atom stereocenters. The van der Waals surface area contributed by atoms with E-state index in [9.17, 15) is 4.79 Å². The van der Waals surface area contributed by atoms with Gasteiger partial charge in [0, 0.05) is 12.3 Å². The number of aryl methyl sites for hydroxylation is 1. The second-order valence-corrected chi connectivity index (χ2v) is 6.37. The molecule has 0 saturated carbocycles. The predicted molar refractivity (Wildman–Crippen MR) is 107 cm³/mol. The maximum absolute atomic E-state index is 10.5. The fourth-order valence-electron chi connectivity index (χ4n) is 3.24. The molecule has 137 valence electrons. The zero-order chi connectivity index (χ0) is 19.1. The Kier molecular flexibility index (Phi) is 6.26. The van der Waals surface area contributed by atoms with Crippen LogP contribution in [0.15, 0.2) is 72.8 Å². The molecule has 27 heavy (non-hydrogen) atoms. The quantitative estimate of drug-likeness (QED) is 0.535. The van der Waals surface area contributed by atoms with E-state index in [4.69, 9.17) is 9.47 Å². The highest BCUT2D eigenvalue weighted by Crippen LogP contribution is 2.34. The highest BCUT2D eigenvalue weighted by molar-refractivity contribution is 5.51. The zero-order valence-corrected chi connectivity index (χ0v) is 15.6. The fraction of sp³-hybridized carbons (Fsp3) is 0.208. The summed E-state index contributed by atoms with van der Waals surface area (Å²) in [5.74, 6) is 1.79. The van der Waals surface area contributed by atoms with Gasteiger partial charge in [0.1, 0.15) is 11.5 Å². The smallest absolute Gasteiger partial charge is 0.198 e. The van der Waals surface area contributed by atoms with Crippen LogP contribution in [0, 0.1) is 0 Å². The van der Waals surface area contributed by atoms with Crippen LogP contribution in [0.25, 0.3) is 0 Å². The fourth-order valence-corrected chi connectivity index (χ4v) is 3.24. The van der Waals surface area contributed by atoms with Crippen molar-refractivity contribution in [1.82, 2.24) is 0 Å². The third-order valence-electron chi connectivity index (χ3n) is 4.73. The Hall–Kier alpha value is -3.07. The second kappa shape index (κ2) is 9.04. The topological polar surface area (TPSA) is 35.5 Å². The minimum Gasteiger partial charge on any atom is -0.497 e. The van der Waals surface area contributed by atoms with E-state index in [1.807, 2.05) is 30.6 Å². The first-order chi connectivity index (χ1) is 13.2. The molecule has 0 unspecified atom stereocenters. The van der Waals surface area contributed by atoms with Crippen LogP contribution in [0.5, 0.6) is 11.5 Å². The molecule has 0 amide bonds. The van der Waals surface area contributed by atoms with Gasteiger partial charge in [-0.1, -0.05) is 48.5 Å². The van der Waals surface area contributed by atoms with E-state index in [1.165, 1.54) is 16.7 Å². The molecule has 0 heterocycles. The molecule has 0 aliphatic rings. The van der Waals surface area contributed by atoms with Crippen LogP contribution in [-0.2, 0) is 11.2 Å². The van der Waals surface area contributed by atoms with Crippen LogP contribution in [0.2, 0.25) is 0 Å². The summed E-state index contributed by atoms with van der Waals surface area (Å²) in [5, 5.41) is 0. The van der Waals surface area contributed by atoms with Crippen LogP contribution in [-0.4, -0.2) is 20.5 Å². The first-order valence-corrected chi connectivity index (χ1v) is 8.97. The van der Waals surface area contributed by atoms with Crippen molar-refractivity contribution in [3.8, 4) is 11.5 Å². The van der Waals surface area contributed by atoms with Crippen LogP contribution in [0.3, 0.4) is 0 Å². The Labute approximate surface area is 160 Å². The number of carbonyl (C=O) groups excluding carboxylic acids is 1. The van der Waals surface area contributed by atoms with Gasteiger partial charge < -0.3 is 9.47 Å². The van der Waals surface area contributed by atoms with Crippen molar-refractivity contribution in [2.75, 3.05) is 14.2 Å². The van der Waals surface area contributed by atoms with Gasteiger partial charge in [0.15, 0.2) is 6.29 Å². The van der Waals surface area contributed by atoms with E-state index >= 15 is 0 Å². The number of rotatable bonds is 8. The molecule has 0 aliphatic carbocycles. The van der Waals surface area contributed by atoms with E-state index in [0.29, 0.717) is 6.42 Å². The number of hydrogen-bond acceptors (Lipinski definition) is 3. The highest BCUT2D eigenvalue weighted by Gasteiger charge is 2.17. The molecule has 0 N–H and O–H groups in total. The summed E-state index contributed by atoms with van der Waals surface area (Å²) in [6, 6.07) is 24.8. The number of hydrogen-bond donors (Lipinski definition) is 0. The van der Waals surface area contributed by atoms with E-state index in [0.717, 1.165) is 23.5 Å². The lowest BCUT2D eigenvalue weighted by Gasteiger charge is -2.20. The largest absolute Gasteiger partial charge is 0.497 e. The van der Waals surface area contributed by atoms with Gasteiger partial charge in [-0.2, -0.15) is 0 Å². The minimum atomic E-state index is 0.105. The van der Waals surface area contributed by atoms with Crippen molar-refractivity contribution < 1.29 is 14.3 Å². The molecular weight excluding hydrogens is 336 g/mol. The summed E-state index contributed by atoms with van der Waals surface area (Å²) in [6.07, 6.45) is 3.11. The molecule has 0 aromatic heterocycles. The van der Waals surface area contributed by atoms with Crippen molar-refractivity contribution in [1.29, 1.82) is 0 Å². The lowest BCUT2D eigenvalue weighted by Crippen LogP contribution is -2.04. The van der Waals surface area contributed by atoms with Crippen LogP contribution in [0.1, 0.15) is 34.6 Å². The van der Waals surface area contributed by atoms with Gasteiger partial charge >= 0.3 is 0 Å². The van der Waals surface area contributed by atoms with Crippen LogP contribution >= 0.6 is 0 Å². The maximum Gasteiger partial charge on any atom is 0.198 e. The average molecular weight is 359 g/mol. The molecular formula is C24H23O3. The Morgan fingerprint density at radius 2 is 1.11 bits per heavy atom. The molecule has 0 aliphatic heterocycles. The Morgan fingerprint density at radius 3 is 1.48 bits per heavy atom. The molecule has 3 nitrogen and oxygen atoms in total. The van der Waals surface area contributed by atoms with Crippen molar-refractivity contribution in [2.24, 2.45) is 0 Å². The first-order valence-electron chi connectivity index (χ1n) is 8.97. The van der Waals surface area contributed by atoms with E-state index in [2.05, 4.69) is 48.5 Å². The van der Waals surface area contributed by atoms with Gasteiger partial charge in [-0.3, -0.25) is 4.79 Å². The lowest BCUT2D eigenvalue weighted by molar-refractivity contribution is 0.414. The molecule has 3 aromatic carbocycles. The summed E-state index contributed by atoms with van der Waals surface area (Å²) < 4.78 is 10.6. The van der Waals surface area contributed by atoms with E-state index in [1.54, 1.807) is 14.2 Å². The van der Waals surface area contributed by atoms with Crippen LogP contribution in [0.4, 0.5) is 0 Å². The summed E-state index contributed by atoms with van der Waals surface area (Å²) in [6.45, 7) is 0. The van der Waals surface area contributed by atoms with Crippen molar-refractivity contribution >= 4 is 6.29 Å². The Balaban J connectivity index is 1.98. The minimum absolute atomic E-state index is 0.105. The third-order valence-corrected chi connectivity index (χ3v) is 4.73. The van der Waals surface area contributed by atoms with Gasteiger partial charge in [0.05, 0.1) is 14.2 Å². The number of methoxy groups -OCH3 is 2. The number of ether oxygens (including phenoxy) is 2. The normalized spacial score (nSPS) is 10.6. The van der Waals surface area contributed by atoms with Gasteiger partial charge in [-0.05, 0) is 52.9 Å². The summed E-state index contributed by atoms with van der Waals surface area (Å²) in [4.78, 5) is 10.5. The van der Waals surface area contributed by atoms with Crippen LogP contribution < -0.4 is 9.47 Å². The maximum atomic E-state index is 10.5. The van der Waals surface area contributed by atoms with E-state index < -0.39 is 0 Å². The standard InChI is InChI=1S/C24H23O3/c1-26-22-13-9-20(10-14-22)24(21-11-15-23(27-2)16-12-21)19-7-5-18(6-8-19)4-3-17-25/h5-16,24H,3-4H2,1-2H3. The molecule has 3 aromatic rings. The third kappa shape index (κ3) is 4.56. The molecule has 3 rings (SSSR count). The molecule has 1 radical (unpaired) electrons. The summed E-state index contributed by atoms with van der Waals surface area (Å²) >= 11 is 0. The molecule has 0 fully saturated rings. The first kappa shape index (κ1) is 18.7. The summed E-state index contributed by atoms with van der Waals surface area (Å²) in [5.41, 5.74) is 4.72. The predicted octanol–water partition coefficient (Wildman–Crippen LogP) is 4.93. The average Bonchev–Trinajstić information content (AvgIpc) is 2.74. The monoisotopic (exact) mass is 359 g/mol. The number of benzene rings is 3. The molecule has 0 bridgehead atoms. The zero-order valence-electron chi connectivity index (χ0n) is 15.6. The lowest BCUT2D eigenvalue weighted by atomic mass is 9.84. The van der Waals surface area contributed by atoms with Crippen molar-refractivity contribution in [3.05, 3.63) is 95.1 Å². The van der Waals surface area contributed by atoms with Gasteiger partial charge in [-0.15, -0.1) is 0 Å². The second-order valence-electron chi connectivity index (χ2n) is 6.37. The van der Waals surface area contributed by atoms with Gasteiger partial charge in [-0.25, -0.2) is 0 Å². The van der Waals surface area contributed by atoms with Crippen molar-refractivity contribution in [2.45, 2.75) is 18.8 Å². The SMILES string of the molecule is COc1ccc(C(c2ccc(CC[C]=O)cc2)c2ccc(OC)cc2)cc1. The van der Waals surface area contributed by atoms with Gasteiger partial charge in [0.2, 0.25) is 0 Å². The Morgan fingerprint density at radius 1 is 0.704 bits per heavy atom. The summed E-state index contributed by atoms with van der Waals surface area (Å²) in [7, 11) is 3.34. The molecule has 3 heteroatoms. The van der Waals surface area contributed by atoms with Crippen molar-refractivity contribution in [3.63, 3.8) is 0 Å².